The number of hydrogen-bond acceptors (Lipinski definition) is 12. The van der Waals surface area contributed by atoms with Gasteiger partial charge < -0.3 is 65.0 Å². The van der Waals surface area contributed by atoms with Crippen LogP contribution in [0.4, 0.5) is 22.7 Å². The molecule has 0 radical (unpaired) electrons. The third-order valence-corrected chi connectivity index (χ3v) is 13.5. The van der Waals surface area contributed by atoms with Gasteiger partial charge in [0.1, 0.15) is 34.5 Å². The SMILES string of the molecule is CN=Cc1ccccc1O.C[SiH](C)N=Cc1ccccc1O.Cc1cccc(C=Nc2ccccc2)c1O.Cc1cccc(C=Nc2ccccc2)c1O.Oc1c(C=Nc2ccccc2)cccc1-c1ccccc1.Oc1ccccc1C=Nc1ccccc1.[Br][Ti][Br].[Br][Ti][Br].[CH3-].[CH3-].[CH3-].[CH3-].[Cl][Ti+].[Cl][Ti+].[Cl][Ti+].[Cl][Ti+]. The average molecular weight is 2020 g/mol. The van der Waals surface area contributed by atoms with Crippen molar-refractivity contribution < 1.29 is 138 Å². The van der Waals surface area contributed by atoms with Crippen LogP contribution in [0.5, 0.6) is 34.5 Å². The molecule has 11 aromatic carbocycles. The number of phenolic OH excluding ortho intramolecular Hbond substituents is 6. The van der Waals surface area contributed by atoms with Crippen LogP contribution in [0.2, 0.25) is 13.1 Å². The normalized spacial score (nSPS) is 9.43. The molecule has 27 heteroatoms. The summed E-state index contributed by atoms with van der Waals surface area (Å²) in [6.45, 7) is 8.01. The molecule has 0 aliphatic carbocycles. The number of aliphatic imine (C=N–C) groups is 5. The Morgan fingerprint density at radius 3 is 0.824 bits per heavy atom. The van der Waals surface area contributed by atoms with Gasteiger partial charge in [-0.3, -0.25) is 25.0 Å². The van der Waals surface area contributed by atoms with Crippen LogP contribution >= 0.6 is 89.9 Å². The second kappa shape index (κ2) is 75.5. The maximum absolute atomic E-state index is 10.4. The van der Waals surface area contributed by atoms with Gasteiger partial charge >= 0.3 is 197 Å². The van der Waals surface area contributed by atoms with Crippen molar-refractivity contribution in [2.24, 2.45) is 29.6 Å². The summed E-state index contributed by atoms with van der Waals surface area (Å²) in [4.78, 5) is 21.0. The molecular weight excluding hydrogens is 1930 g/mol. The molecule has 0 aliphatic heterocycles. The van der Waals surface area contributed by atoms with E-state index in [1.165, 1.54) is 77.5 Å². The second-order valence-electron chi connectivity index (χ2n) is 20.1. The van der Waals surface area contributed by atoms with Gasteiger partial charge in [-0.2, -0.15) is 0 Å². The Morgan fingerprint density at radius 1 is 0.306 bits per heavy atom. The maximum atomic E-state index is 10.4. The fraction of sp³-hybridized carbons (Fsp3) is 0.0617. The molecule has 6 N–H and O–H groups in total. The van der Waals surface area contributed by atoms with Crippen LogP contribution in [0.3, 0.4) is 0 Å². The van der Waals surface area contributed by atoms with E-state index in [2.05, 4.69) is 133 Å². The summed E-state index contributed by atoms with van der Waals surface area (Å²) < 4.78 is 4.31. The molecule has 0 amide bonds. The fourth-order valence-electron chi connectivity index (χ4n) is 7.88. The van der Waals surface area contributed by atoms with E-state index in [-0.39, 0.29) is 76.9 Å². The number of phenols is 6. The Labute approximate surface area is 749 Å². The van der Waals surface area contributed by atoms with Gasteiger partial charge in [0, 0.05) is 83.3 Å². The fourth-order valence-corrected chi connectivity index (χ4v) is 8.34. The molecule has 0 atom stereocenters. The van der Waals surface area contributed by atoms with Crippen molar-refractivity contribution in [3.8, 4) is 45.6 Å². The molecule has 0 saturated heterocycles. The predicted octanol–water partition coefficient (Wildman–Crippen LogP) is 26.0. The van der Waals surface area contributed by atoms with Crippen molar-refractivity contribution in [2.75, 3.05) is 7.05 Å². The van der Waals surface area contributed by atoms with E-state index in [0.717, 1.165) is 72.8 Å². The number of nitrogens with zero attached hydrogens (tertiary/aromatic N) is 6. The Hall–Kier alpha value is -4.18. The van der Waals surface area contributed by atoms with Crippen LogP contribution in [0.15, 0.2) is 309 Å². The average Bonchev–Trinajstić information content (AvgIpc) is 0.758. The van der Waals surface area contributed by atoms with Gasteiger partial charge in [-0.05, 0) is 134 Å². The number of aryl methyl sites for hydroxylation is 2. The first-order chi connectivity index (χ1) is 50.6. The molecule has 560 valence electrons. The van der Waals surface area contributed by atoms with Gasteiger partial charge in [-0.25, -0.2) is 0 Å². The molecule has 0 aromatic heterocycles. The van der Waals surface area contributed by atoms with Crippen LogP contribution < -0.4 is 0 Å². The standard InChI is InChI=1S/C19H15NO.2C14H13NO.C13H11NO.C9H13NOSi.C8H9NO.4CH3.4BrH.4ClH.6Ti/c21-19-16(14-20-17-11-5-2-6-12-17)10-7-13-18(19)15-8-3-1-4-9-15;2*1-11-6-5-7-12(14(11)16)10-15-13-8-3-2-4-9-13;15-13-9-5-4-6-11(13)10-14-12-7-2-1-3-8-12;1-12(2)10-7-8-5-3-4-6-9(8)11;1-9-6-7-4-2-3-5-8(7)10;;;;;;;;;;;;;;;;;;/h1-14,21H;2*2-10,16H,1H3;1-10,15H;3-7,11-12H,1-2H3;2-6,10H,1H3;4*1H3;8*1H;;;;;;/q;;;;;;4*-1;;;;;;;;;6*+2/p-8. The predicted molar refractivity (Wildman–Crippen MR) is 463 cm³/mol. The third kappa shape index (κ3) is 50.7. The zero-order chi connectivity index (χ0) is 77.6. The van der Waals surface area contributed by atoms with Gasteiger partial charge in [-0.15, -0.1) is 0 Å². The Bertz CT molecular complexity index is 4110. The van der Waals surface area contributed by atoms with E-state index in [1.807, 2.05) is 257 Å². The van der Waals surface area contributed by atoms with E-state index < -0.39 is 8.96 Å². The third-order valence-electron chi connectivity index (χ3n) is 12.7. The van der Waals surface area contributed by atoms with Gasteiger partial charge in [0.05, 0.1) is 22.7 Å². The van der Waals surface area contributed by atoms with Crippen molar-refractivity contribution in [1.82, 2.24) is 0 Å². The molecule has 0 unspecified atom stereocenters. The number of halogens is 8. The van der Waals surface area contributed by atoms with Crippen molar-refractivity contribution >= 4 is 159 Å². The first-order valence-electron chi connectivity index (χ1n) is 30.4. The van der Waals surface area contributed by atoms with Crippen LogP contribution in [0.1, 0.15) is 44.5 Å². The van der Waals surface area contributed by atoms with Gasteiger partial charge in [0.25, 0.3) is 0 Å². The molecular formula is C81H86Br4Cl4N6O6SiTi6. The monoisotopic (exact) mass is 2010 g/mol. The Kier molecular flexibility index (Phi) is 78.6. The second-order valence-corrected chi connectivity index (χ2v) is 38.3. The quantitative estimate of drug-likeness (QED) is 0.0400. The number of benzene rings is 11. The summed E-state index contributed by atoms with van der Waals surface area (Å²) in [5.41, 5.74) is 11.5. The van der Waals surface area contributed by atoms with E-state index in [0.29, 0.717) is 22.8 Å². The van der Waals surface area contributed by atoms with E-state index in [1.54, 1.807) is 80.7 Å². The molecule has 0 spiro atoms. The van der Waals surface area contributed by atoms with Crippen molar-refractivity contribution in [3.63, 3.8) is 0 Å². The summed E-state index contributed by atoms with van der Waals surface area (Å²) in [6, 6.07) is 86.8. The van der Waals surface area contributed by atoms with Gasteiger partial charge in [-0.1, -0.05) is 189 Å². The first-order valence-corrected chi connectivity index (χ1v) is 57.3. The number of para-hydroxylation sites is 10. The topological polar surface area (TPSA) is 196 Å². The van der Waals surface area contributed by atoms with E-state index >= 15 is 0 Å². The molecule has 0 aliphatic rings. The summed E-state index contributed by atoms with van der Waals surface area (Å²) in [7, 11) is 19.3. The van der Waals surface area contributed by atoms with Crippen LogP contribution in [-0.2, 0) is 107 Å². The summed E-state index contributed by atoms with van der Waals surface area (Å²) in [5.74, 6) is 1.66. The molecule has 108 heavy (non-hydrogen) atoms. The minimum atomic E-state index is -0.903. The molecule has 0 bridgehead atoms. The zero-order valence-corrected chi connectivity index (χ0v) is 80.9. The summed E-state index contributed by atoms with van der Waals surface area (Å²) in [5, 5.41) is 58.0. The minimum absolute atomic E-state index is 0. The van der Waals surface area contributed by atoms with Crippen molar-refractivity contribution in [1.29, 1.82) is 0 Å². The molecule has 11 rings (SSSR count). The molecule has 12 nitrogen and oxygen atoms in total. The Balaban J connectivity index is -0.000000381. The molecule has 11 aromatic rings. The van der Waals surface area contributed by atoms with Crippen LogP contribution in [0, 0.1) is 43.6 Å². The van der Waals surface area contributed by atoms with Crippen molar-refractivity contribution in [2.45, 2.75) is 26.9 Å². The number of rotatable bonds is 12. The molecule has 0 saturated carbocycles. The zero-order valence-electron chi connectivity index (χ0n) is 61.0. The van der Waals surface area contributed by atoms with Crippen LogP contribution in [-0.4, -0.2) is 83.9 Å². The van der Waals surface area contributed by atoms with Crippen LogP contribution in [0.25, 0.3) is 11.1 Å². The first kappa shape index (κ1) is 112. The van der Waals surface area contributed by atoms with Crippen molar-refractivity contribution in [3.05, 3.63) is 353 Å². The van der Waals surface area contributed by atoms with Gasteiger partial charge in [0.15, 0.2) is 8.96 Å². The summed E-state index contributed by atoms with van der Waals surface area (Å²) >= 11 is 18.9. The molecule has 0 heterocycles. The summed E-state index contributed by atoms with van der Waals surface area (Å²) in [6.07, 6.45) is 10.1. The van der Waals surface area contributed by atoms with Gasteiger partial charge in [0.2, 0.25) is 0 Å². The number of hydrogen-bond donors (Lipinski definition) is 6. The Morgan fingerprint density at radius 2 is 0.537 bits per heavy atom. The van der Waals surface area contributed by atoms with E-state index in [4.69, 9.17) is 5.11 Å². The molecule has 0 fully saturated rings. The van der Waals surface area contributed by atoms with E-state index in [9.17, 15) is 25.5 Å². The number of aromatic hydroxyl groups is 6.